The summed E-state index contributed by atoms with van der Waals surface area (Å²) in [5.74, 6) is -0.860. The van der Waals surface area contributed by atoms with Gasteiger partial charge in [0.2, 0.25) is 5.95 Å². The number of ether oxygens (including phenoxy) is 2. The molecule has 0 aromatic carbocycles. The Hall–Kier alpha value is -2.53. The number of hydrogen-bond donors (Lipinski definition) is 3. The first-order chi connectivity index (χ1) is 10.9. The SMILES string of the molecule is CC(=O)O[C@@H]1[C@@H](F)[C@@H](CO)O[C@H]1n1cnc2c(=O)[nH]c(N)nc21. The van der Waals surface area contributed by atoms with E-state index in [9.17, 15) is 19.1 Å². The molecule has 0 amide bonds. The zero-order valence-corrected chi connectivity index (χ0v) is 12.0. The van der Waals surface area contributed by atoms with Gasteiger partial charge >= 0.3 is 5.97 Å². The molecule has 0 bridgehead atoms. The number of aromatic amines is 1. The molecule has 1 aliphatic rings. The number of carbonyl (C=O) groups excluding carboxylic acids is 1. The van der Waals surface area contributed by atoms with Crippen LogP contribution in [-0.4, -0.2) is 55.6 Å². The molecule has 1 aliphatic heterocycles. The predicted octanol–water partition coefficient (Wildman–Crippen LogP) is -1.14. The Labute approximate surface area is 128 Å². The Balaban J connectivity index is 2.08. The molecule has 3 heterocycles. The highest BCUT2D eigenvalue weighted by Crippen LogP contribution is 2.35. The van der Waals surface area contributed by atoms with Gasteiger partial charge in [0.25, 0.3) is 5.56 Å². The molecule has 1 fully saturated rings. The second kappa shape index (κ2) is 5.59. The van der Waals surface area contributed by atoms with Crippen molar-refractivity contribution >= 4 is 23.1 Å². The molecule has 0 spiro atoms. The average molecular weight is 327 g/mol. The molecule has 3 rings (SSSR count). The maximum atomic E-state index is 14.3. The highest BCUT2D eigenvalue weighted by atomic mass is 19.1. The van der Waals surface area contributed by atoms with Gasteiger partial charge in [-0.2, -0.15) is 4.98 Å². The summed E-state index contributed by atoms with van der Waals surface area (Å²) in [6.45, 7) is 0.529. The Morgan fingerprint density at radius 2 is 2.39 bits per heavy atom. The lowest BCUT2D eigenvalue weighted by Gasteiger charge is -2.20. The van der Waals surface area contributed by atoms with Gasteiger partial charge in [-0.15, -0.1) is 0 Å². The molecule has 0 saturated carbocycles. The van der Waals surface area contributed by atoms with E-state index in [1.807, 2.05) is 0 Å². The minimum atomic E-state index is -1.74. The van der Waals surface area contributed by atoms with Crippen molar-refractivity contribution in [2.75, 3.05) is 12.3 Å². The van der Waals surface area contributed by atoms with Crippen LogP contribution in [0.4, 0.5) is 10.3 Å². The zero-order valence-electron chi connectivity index (χ0n) is 12.0. The minimum Gasteiger partial charge on any atom is -0.454 e. The number of fused-ring (bicyclic) bond motifs is 1. The smallest absolute Gasteiger partial charge is 0.303 e. The fourth-order valence-corrected chi connectivity index (χ4v) is 2.51. The summed E-state index contributed by atoms with van der Waals surface area (Å²) >= 11 is 0. The number of halogens is 1. The molecule has 124 valence electrons. The minimum absolute atomic E-state index is 0.0211. The molecular weight excluding hydrogens is 313 g/mol. The van der Waals surface area contributed by atoms with Gasteiger partial charge in [-0.25, -0.2) is 9.37 Å². The van der Waals surface area contributed by atoms with Crippen molar-refractivity contribution in [1.29, 1.82) is 0 Å². The summed E-state index contributed by atoms with van der Waals surface area (Å²) in [5, 5.41) is 9.18. The van der Waals surface area contributed by atoms with Crippen LogP contribution in [0.15, 0.2) is 11.1 Å². The van der Waals surface area contributed by atoms with E-state index in [1.54, 1.807) is 0 Å². The Kier molecular flexibility index (Phi) is 3.74. The maximum absolute atomic E-state index is 14.3. The van der Waals surface area contributed by atoms with Gasteiger partial charge in [-0.3, -0.25) is 19.1 Å². The van der Waals surface area contributed by atoms with Crippen molar-refractivity contribution in [3.63, 3.8) is 0 Å². The Morgan fingerprint density at radius 1 is 1.65 bits per heavy atom. The summed E-state index contributed by atoms with van der Waals surface area (Å²) in [5.41, 5.74) is 4.97. The van der Waals surface area contributed by atoms with E-state index in [4.69, 9.17) is 15.2 Å². The van der Waals surface area contributed by atoms with E-state index in [1.165, 1.54) is 10.9 Å². The van der Waals surface area contributed by atoms with Crippen molar-refractivity contribution in [3.8, 4) is 0 Å². The number of nitrogen functional groups attached to an aromatic ring is 1. The first-order valence-corrected chi connectivity index (χ1v) is 6.72. The number of hydrogen-bond acceptors (Lipinski definition) is 8. The first-order valence-electron chi connectivity index (χ1n) is 6.72. The molecule has 1 saturated heterocycles. The molecule has 23 heavy (non-hydrogen) atoms. The van der Waals surface area contributed by atoms with Crippen LogP contribution in [0.3, 0.4) is 0 Å². The van der Waals surface area contributed by atoms with Gasteiger partial charge in [-0.05, 0) is 0 Å². The summed E-state index contributed by atoms with van der Waals surface area (Å²) in [4.78, 5) is 33.1. The molecule has 0 aliphatic carbocycles. The highest BCUT2D eigenvalue weighted by molar-refractivity contribution is 5.70. The van der Waals surface area contributed by atoms with E-state index in [0.717, 1.165) is 6.92 Å². The molecule has 11 heteroatoms. The summed E-state index contributed by atoms with van der Waals surface area (Å²) < 4.78 is 25.9. The van der Waals surface area contributed by atoms with E-state index >= 15 is 0 Å². The normalized spacial score (nSPS) is 27.4. The van der Waals surface area contributed by atoms with Crippen LogP contribution in [0, 0.1) is 0 Å². The van der Waals surface area contributed by atoms with Crippen LogP contribution in [0.5, 0.6) is 0 Å². The van der Waals surface area contributed by atoms with Gasteiger partial charge in [0, 0.05) is 6.92 Å². The second-order valence-electron chi connectivity index (χ2n) is 5.04. The number of H-pyrrole nitrogens is 1. The van der Waals surface area contributed by atoms with Crippen molar-refractivity contribution in [3.05, 3.63) is 16.7 Å². The van der Waals surface area contributed by atoms with Crippen molar-refractivity contribution < 1.29 is 23.8 Å². The van der Waals surface area contributed by atoms with Gasteiger partial charge < -0.3 is 20.3 Å². The Bertz CT molecular complexity index is 805. The molecule has 4 N–H and O–H groups in total. The quantitative estimate of drug-likeness (QED) is 0.600. The number of aliphatic hydroxyl groups excluding tert-OH is 1. The number of carbonyl (C=O) groups is 1. The van der Waals surface area contributed by atoms with Crippen molar-refractivity contribution in [1.82, 2.24) is 19.5 Å². The second-order valence-corrected chi connectivity index (χ2v) is 5.04. The van der Waals surface area contributed by atoms with Crippen LogP contribution in [0.1, 0.15) is 13.2 Å². The zero-order chi connectivity index (χ0) is 16.7. The number of alkyl halides is 1. The summed E-state index contributed by atoms with van der Waals surface area (Å²) in [6.07, 6.45) is -4.17. The molecule has 4 atom stereocenters. The monoisotopic (exact) mass is 327 g/mol. The number of nitrogens with one attached hydrogen (secondary N) is 1. The lowest BCUT2D eigenvalue weighted by Crippen LogP contribution is -2.33. The molecule has 0 radical (unpaired) electrons. The van der Waals surface area contributed by atoms with Crippen molar-refractivity contribution in [2.45, 2.75) is 31.5 Å². The number of nitrogens with two attached hydrogens (primary N) is 1. The van der Waals surface area contributed by atoms with E-state index in [2.05, 4.69) is 15.0 Å². The largest absolute Gasteiger partial charge is 0.454 e. The lowest BCUT2D eigenvalue weighted by atomic mass is 10.1. The predicted molar refractivity (Wildman–Crippen MR) is 74.0 cm³/mol. The number of nitrogens with zero attached hydrogens (tertiary/aromatic N) is 3. The fourth-order valence-electron chi connectivity index (χ4n) is 2.51. The molecular formula is C12H14FN5O5. The molecule has 2 aromatic rings. The average Bonchev–Trinajstić information content (AvgIpc) is 3.01. The summed E-state index contributed by atoms with van der Waals surface area (Å²) in [7, 11) is 0. The third-order valence-corrected chi connectivity index (χ3v) is 3.47. The van der Waals surface area contributed by atoms with Gasteiger partial charge in [-0.1, -0.05) is 0 Å². The van der Waals surface area contributed by atoms with Crippen LogP contribution in [0.25, 0.3) is 11.2 Å². The number of aromatic nitrogens is 4. The lowest BCUT2D eigenvalue weighted by molar-refractivity contribution is -0.154. The topological polar surface area (TPSA) is 145 Å². The van der Waals surface area contributed by atoms with Gasteiger partial charge in [0.05, 0.1) is 12.9 Å². The molecule has 0 unspecified atom stereocenters. The van der Waals surface area contributed by atoms with Gasteiger partial charge in [0.15, 0.2) is 29.7 Å². The molecule has 2 aromatic heterocycles. The third-order valence-electron chi connectivity index (χ3n) is 3.47. The van der Waals surface area contributed by atoms with Crippen molar-refractivity contribution in [2.24, 2.45) is 0 Å². The van der Waals surface area contributed by atoms with Crippen LogP contribution in [-0.2, 0) is 14.3 Å². The Morgan fingerprint density at radius 3 is 3.04 bits per heavy atom. The van der Waals surface area contributed by atoms with Crippen LogP contribution >= 0.6 is 0 Å². The fraction of sp³-hybridized carbons (Fsp3) is 0.500. The highest BCUT2D eigenvalue weighted by Gasteiger charge is 2.48. The third kappa shape index (κ3) is 2.53. The number of anilines is 1. The van der Waals surface area contributed by atoms with E-state index in [-0.39, 0.29) is 17.1 Å². The standard InChI is InChI=1S/C12H14FN5O5/c1-4(20)22-8-6(13)5(2-19)23-11(8)18-3-15-7-9(18)16-12(14)17-10(7)21/h3,5-6,8,11,19H,2H2,1H3,(H3,14,16,17,21)/t5-,6+,8-,11-/m1/s1. The maximum Gasteiger partial charge on any atom is 0.303 e. The number of aliphatic hydroxyl groups is 1. The summed E-state index contributed by atoms with van der Waals surface area (Å²) in [6, 6.07) is 0. The van der Waals surface area contributed by atoms with Crippen LogP contribution < -0.4 is 11.3 Å². The number of rotatable bonds is 3. The number of esters is 1. The molecule has 10 nitrogen and oxygen atoms in total. The van der Waals surface area contributed by atoms with E-state index in [0.29, 0.717) is 0 Å². The van der Waals surface area contributed by atoms with E-state index < -0.39 is 42.7 Å². The van der Waals surface area contributed by atoms with Gasteiger partial charge in [0.1, 0.15) is 6.10 Å². The van der Waals surface area contributed by atoms with Crippen LogP contribution in [0.2, 0.25) is 0 Å². The first kappa shape index (κ1) is 15.4. The number of imidazole rings is 1.